The molecule has 2 heterocycles. The zero-order valence-electron chi connectivity index (χ0n) is 8.97. The Bertz CT molecular complexity index is 665. The van der Waals surface area contributed by atoms with Gasteiger partial charge in [0.2, 0.25) is 0 Å². The van der Waals surface area contributed by atoms with Crippen LogP contribution < -0.4 is 0 Å². The number of rotatable bonds is 1. The van der Waals surface area contributed by atoms with E-state index in [1.807, 2.05) is 36.7 Å². The molecule has 3 rings (SSSR count). The molecule has 17 heavy (non-hydrogen) atoms. The first-order valence-corrected chi connectivity index (χ1v) is 6.09. The van der Waals surface area contributed by atoms with Crippen LogP contribution in [-0.2, 0) is 0 Å². The van der Waals surface area contributed by atoms with Crippen molar-refractivity contribution in [3.8, 4) is 11.1 Å². The molecule has 0 unspecified atom stereocenters. The normalized spacial score (nSPS) is 10.6. The van der Waals surface area contributed by atoms with Gasteiger partial charge in [0.25, 0.3) is 0 Å². The van der Waals surface area contributed by atoms with Crippen molar-refractivity contribution < 1.29 is 0 Å². The standard InChI is InChI=1S/C14H9BrN2/c15-14-7-13-12(9-17-14)6-11(8-16-13)10-4-2-1-3-5-10/h1-9H. The van der Waals surface area contributed by atoms with Crippen molar-refractivity contribution in [1.29, 1.82) is 0 Å². The van der Waals surface area contributed by atoms with Crippen LogP contribution >= 0.6 is 15.9 Å². The van der Waals surface area contributed by atoms with E-state index < -0.39 is 0 Å². The average Bonchev–Trinajstić information content (AvgIpc) is 2.39. The Morgan fingerprint density at radius 3 is 2.47 bits per heavy atom. The maximum Gasteiger partial charge on any atom is 0.108 e. The van der Waals surface area contributed by atoms with E-state index in [0.717, 1.165) is 21.1 Å². The maximum absolute atomic E-state index is 4.45. The van der Waals surface area contributed by atoms with Crippen LogP contribution in [0.4, 0.5) is 0 Å². The van der Waals surface area contributed by atoms with Crippen molar-refractivity contribution in [2.45, 2.75) is 0 Å². The molecule has 0 aliphatic rings. The number of aromatic nitrogens is 2. The molecule has 0 fully saturated rings. The van der Waals surface area contributed by atoms with Gasteiger partial charge in [-0.15, -0.1) is 0 Å². The van der Waals surface area contributed by atoms with Gasteiger partial charge in [0.1, 0.15) is 4.60 Å². The predicted molar refractivity (Wildman–Crippen MR) is 72.7 cm³/mol. The van der Waals surface area contributed by atoms with Gasteiger partial charge in [-0.1, -0.05) is 30.3 Å². The largest absolute Gasteiger partial charge is 0.255 e. The lowest BCUT2D eigenvalue weighted by molar-refractivity contribution is 1.28. The second kappa shape index (κ2) is 4.26. The van der Waals surface area contributed by atoms with Gasteiger partial charge in [0, 0.05) is 23.3 Å². The van der Waals surface area contributed by atoms with E-state index in [4.69, 9.17) is 0 Å². The molecule has 3 aromatic rings. The van der Waals surface area contributed by atoms with E-state index in [2.05, 4.69) is 44.1 Å². The summed E-state index contributed by atoms with van der Waals surface area (Å²) < 4.78 is 0.810. The molecule has 0 spiro atoms. The summed E-state index contributed by atoms with van der Waals surface area (Å²) in [7, 11) is 0. The summed E-state index contributed by atoms with van der Waals surface area (Å²) in [5.74, 6) is 0. The number of nitrogens with zero attached hydrogens (tertiary/aromatic N) is 2. The quantitative estimate of drug-likeness (QED) is 0.630. The fourth-order valence-corrected chi connectivity index (χ4v) is 2.11. The Balaban J connectivity index is 2.17. The highest BCUT2D eigenvalue weighted by atomic mass is 79.9. The summed E-state index contributed by atoms with van der Waals surface area (Å²) in [5, 5.41) is 1.05. The monoisotopic (exact) mass is 284 g/mol. The minimum absolute atomic E-state index is 0.810. The molecule has 0 bridgehead atoms. The van der Waals surface area contributed by atoms with Crippen LogP contribution in [0.25, 0.3) is 22.0 Å². The fraction of sp³-hybridized carbons (Fsp3) is 0. The highest BCUT2D eigenvalue weighted by Crippen LogP contribution is 2.23. The van der Waals surface area contributed by atoms with Gasteiger partial charge in [-0.25, -0.2) is 4.98 Å². The highest BCUT2D eigenvalue weighted by molar-refractivity contribution is 9.10. The van der Waals surface area contributed by atoms with E-state index in [0.29, 0.717) is 0 Å². The molecular formula is C14H9BrN2. The zero-order valence-corrected chi connectivity index (χ0v) is 10.6. The van der Waals surface area contributed by atoms with Crippen LogP contribution in [0.2, 0.25) is 0 Å². The predicted octanol–water partition coefficient (Wildman–Crippen LogP) is 4.06. The van der Waals surface area contributed by atoms with Gasteiger partial charge in [-0.3, -0.25) is 4.98 Å². The molecule has 0 amide bonds. The molecule has 2 aromatic heterocycles. The third kappa shape index (κ3) is 2.06. The summed E-state index contributed by atoms with van der Waals surface area (Å²) in [4.78, 5) is 8.67. The van der Waals surface area contributed by atoms with Crippen molar-refractivity contribution in [2.75, 3.05) is 0 Å². The number of pyridine rings is 2. The Labute approximate surface area is 107 Å². The number of benzene rings is 1. The van der Waals surface area contributed by atoms with Crippen LogP contribution in [0.5, 0.6) is 0 Å². The highest BCUT2D eigenvalue weighted by Gasteiger charge is 2.01. The van der Waals surface area contributed by atoms with Crippen molar-refractivity contribution in [2.24, 2.45) is 0 Å². The van der Waals surface area contributed by atoms with Crippen LogP contribution in [-0.4, -0.2) is 9.97 Å². The van der Waals surface area contributed by atoms with Crippen molar-refractivity contribution in [1.82, 2.24) is 9.97 Å². The first kappa shape index (κ1) is 10.4. The fourth-order valence-electron chi connectivity index (χ4n) is 1.79. The second-order valence-corrected chi connectivity index (χ2v) is 4.60. The SMILES string of the molecule is Brc1cc2ncc(-c3ccccc3)cc2cn1. The molecule has 0 saturated heterocycles. The summed E-state index contributed by atoms with van der Waals surface area (Å²) in [6.45, 7) is 0. The first-order valence-electron chi connectivity index (χ1n) is 5.30. The number of hydrogen-bond donors (Lipinski definition) is 0. The molecule has 0 aliphatic carbocycles. The van der Waals surface area contributed by atoms with Gasteiger partial charge in [0.15, 0.2) is 0 Å². The number of halogens is 1. The molecule has 2 nitrogen and oxygen atoms in total. The lowest BCUT2D eigenvalue weighted by Crippen LogP contribution is -1.84. The topological polar surface area (TPSA) is 25.8 Å². The van der Waals surface area contributed by atoms with Gasteiger partial charge in [0.05, 0.1) is 5.52 Å². The van der Waals surface area contributed by atoms with E-state index in [-0.39, 0.29) is 0 Å². The molecule has 0 N–H and O–H groups in total. The summed E-state index contributed by atoms with van der Waals surface area (Å²) in [6, 6.07) is 14.3. The van der Waals surface area contributed by atoms with Crippen LogP contribution in [0.1, 0.15) is 0 Å². The van der Waals surface area contributed by atoms with E-state index in [1.165, 1.54) is 5.56 Å². The smallest absolute Gasteiger partial charge is 0.108 e. The van der Waals surface area contributed by atoms with Gasteiger partial charge in [-0.2, -0.15) is 0 Å². The van der Waals surface area contributed by atoms with Crippen LogP contribution in [0, 0.1) is 0 Å². The van der Waals surface area contributed by atoms with Crippen molar-refractivity contribution >= 4 is 26.8 Å². The molecule has 0 atom stereocenters. The average molecular weight is 285 g/mol. The second-order valence-electron chi connectivity index (χ2n) is 3.79. The van der Waals surface area contributed by atoms with Gasteiger partial charge >= 0.3 is 0 Å². The third-order valence-electron chi connectivity index (χ3n) is 2.64. The minimum Gasteiger partial charge on any atom is -0.255 e. The molecule has 0 radical (unpaired) electrons. The molecular weight excluding hydrogens is 276 g/mol. The molecule has 3 heteroatoms. The van der Waals surface area contributed by atoms with Crippen LogP contribution in [0.3, 0.4) is 0 Å². The number of hydrogen-bond acceptors (Lipinski definition) is 2. The van der Waals surface area contributed by atoms with Gasteiger partial charge in [-0.05, 0) is 33.6 Å². The lowest BCUT2D eigenvalue weighted by Gasteiger charge is -2.03. The van der Waals surface area contributed by atoms with Crippen LogP contribution in [0.15, 0.2) is 59.5 Å². The number of fused-ring (bicyclic) bond motifs is 1. The van der Waals surface area contributed by atoms with E-state index in [9.17, 15) is 0 Å². The van der Waals surface area contributed by atoms with Crippen molar-refractivity contribution in [3.05, 3.63) is 59.5 Å². The Hall–Kier alpha value is -1.74. The van der Waals surface area contributed by atoms with E-state index >= 15 is 0 Å². The minimum atomic E-state index is 0.810. The molecule has 0 aliphatic heterocycles. The summed E-state index contributed by atoms with van der Waals surface area (Å²) in [6.07, 6.45) is 3.73. The summed E-state index contributed by atoms with van der Waals surface area (Å²) in [5.41, 5.74) is 3.23. The first-order chi connectivity index (χ1) is 8.33. The Morgan fingerprint density at radius 1 is 0.824 bits per heavy atom. The summed E-state index contributed by atoms with van der Waals surface area (Å²) >= 11 is 3.34. The Morgan fingerprint density at radius 2 is 1.65 bits per heavy atom. The van der Waals surface area contributed by atoms with E-state index in [1.54, 1.807) is 0 Å². The molecule has 82 valence electrons. The lowest BCUT2D eigenvalue weighted by atomic mass is 10.1. The molecule has 0 saturated carbocycles. The third-order valence-corrected chi connectivity index (χ3v) is 3.07. The zero-order chi connectivity index (χ0) is 11.7. The molecule has 1 aromatic carbocycles. The van der Waals surface area contributed by atoms with Gasteiger partial charge < -0.3 is 0 Å². The van der Waals surface area contributed by atoms with Crippen molar-refractivity contribution in [3.63, 3.8) is 0 Å². The Kier molecular flexibility index (Phi) is 2.61. The maximum atomic E-state index is 4.45.